The summed E-state index contributed by atoms with van der Waals surface area (Å²) >= 11 is 6.07. The van der Waals surface area contributed by atoms with Crippen LogP contribution in [-0.2, 0) is 7.05 Å². The lowest BCUT2D eigenvalue weighted by atomic mass is 10.1. The molecular weight excluding hydrogens is 252 g/mol. The van der Waals surface area contributed by atoms with Gasteiger partial charge in [0.25, 0.3) is 0 Å². The summed E-state index contributed by atoms with van der Waals surface area (Å²) in [6.45, 7) is 1.91. The Labute approximate surface area is 110 Å². The first-order valence-electron chi connectivity index (χ1n) is 5.39. The summed E-state index contributed by atoms with van der Waals surface area (Å²) in [4.78, 5) is 15.1. The van der Waals surface area contributed by atoms with E-state index in [2.05, 4.69) is 4.98 Å². The molecule has 0 radical (unpaired) electrons. The number of aryl methyl sites for hydroxylation is 2. The SMILES string of the molecule is COc1c(C)cc(Cl)cc1-c1c(C=O)ncn1C. The highest BCUT2D eigenvalue weighted by molar-refractivity contribution is 6.31. The minimum atomic E-state index is 0.373. The van der Waals surface area contributed by atoms with Crippen LogP contribution in [0.15, 0.2) is 18.5 Å². The highest BCUT2D eigenvalue weighted by Gasteiger charge is 2.17. The van der Waals surface area contributed by atoms with Gasteiger partial charge < -0.3 is 9.30 Å². The number of aromatic nitrogens is 2. The molecule has 5 heteroatoms. The number of hydrogen-bond acceptors (Lipinski definition) is 3. The summed E-state index contributed by atoms with van der Waals surface area (Å²) in [6.07, 6.45) is 2.32. The zero-order valence-corrected chi connectivity index (χ0v) is 11.2. The average molecular weight is 265 g/mol. The van der Waals surface area contributed by atoms with Gasteiger partial charge >= 0.3 is 0 Å². The zero-order valence-electron chi connectivity index (χ0n) is 10.4. The zero-order chi connectivity index (χ0) is 13.3. The quantitative estimate of drug-likeness (QED) is 0.801. The van der Waals surface area contributed by atoms with E-state index in [0.29, 0.717) is 22.2 Å². The molecule has 0 aliphatic carbocycles. The number of rotatable bonds is 3. The molecule has 0 spiro atoms. The van der Waals surface area contributed by atoms with Crippen LogP contribution in [0.25, 0.3) is 11.3 Å². The number of aldehydes is 1. The van der Waals surface area contributed by atoms with E-state index in [0.717, 1.165) is 17.4 Å². The molecule has 1 aromatic carbocycles. The maximum absolute atomic E-state index is 11.0. The number of carbonyl (C=O) groups excluding carboxylic acids is 1. The fourth-order valence-corrected chi connectivity index (χ4v) is 2.31. The van der Waals surface area contributed by atoms with Crippen LogP contribution < -0.4 is 4.74 Å². The molecule has 0 unspecified atom stereocenters. The maximum Gasteiger partial charge on any atom is 0.170 e. The Morgan fingerprint density at radius 3 is 2.78 bits per heavy atom. The Morgan fingerprint density at radius 2 is 2.17 bits per heavy atom. The Bertz CT molecular complexity index is 605. The second kappa shape index (κ2) is 4.82. The van der Waals surface area contributed by atoms with Gasteiger partial charge in [0.15, 0.2) is 6.29 Å². The fourth-order valence-electron chi connectivity index (χ4n) is 2.04. The van der Waals surface area contributed by atoms with Crippen LogP contribution in [0.1, 0.15) is 16.1 Å². The van der Waals surface area contributed by atoms with Crippen molar-refractivity contribution in [1.29, 1.82) is 0 Å². The number of carbonyl (C=O) groups is 1. The third-order valence-corrected chi connectivity index (χ3v) is 2.99. The van der Waals surface area contributed by atoms with Crippen molar-refractivity contribution in [3.63, 3.8) is 0 Å². The normalized spacial score (nSPS) is 10.4. The lowest BCUT2D eigenvalue weighted by Crippen LogP contribution is -1.98. The minimum Gasteiger partial charge on any atom is -0.496 e. The molecular formula is C13H13ClN2O2. The predicted molar refractivity (Wildman–Crippen MR) is 70.3 cm³/mol. The summed E-state index contributed by atoms with van der Waals surface area (Å²) in [7, 11) is 3.42. The molecule has 0 fully saturated rings. The molecule has 94 valence electrons. The molecule has 0 atom stereocenters. The average Bonchev–Trinajstić information content (AvgIpc) is 2.69. The van der Waals surface area contributed by atoms with E-state index in [1.54, 1.807) is 24.1 Å². The van der Waals surface area contributed by atoms with Gasteiger partial charge in [-0.2, -0.15) is 0 Å². The molecule has 2 aromatic rings. The molecule has 18 heavy (non-hydrogen) atoms. The molecule has 0 saturated heterocycles. The third-order valence-electron chi connectivity index (χ3n) is 2.78. The van der Waals surface area contributed by atoms with Gasteiger partial charge in [0.2, 0.25) is 0 Å². The van der Waals surface area contributed by atoms with Crippen molar-refractivity contribution in [3.05, 3.63) is 34.7 Å². The first-order valence-corrected chi connectivity index (χ1v) is 5.77. The first-order chi connectivity index (χ1) is 8.58. The summed E-state index contributed by atoms with van der Waals surface area (Å²) in [5.74, 6) is 0.700. The largest absolute Gasteiger partial charge is 0.496 e. The predicted octanol–water partition coefficient (Wildman–Crippen LogP) is 2.87. The monoisotopic (exact) mass is 264 g/mol. The van der Waals surface area contributed by atoms with Crippen LogP contribution in [0.2, 0.25) is 5.02 Å². The van der Waals surface area contributed by atoms with Crippen LogP contribution in [0, 0.1) is 6.92 Å². The number of ether oxygens (including phenoxy) is 1. The first kappa shape index (κ1) is 12.6. The maximum atomic E-state index is 11.0. The third kappa shape index (κ3) is 1.99. The van der Waals surface area contributed by atoms with Gasteiger partial charge in [-0.1, -0.05) is 11.6 Å². The van der Waals surface area contributed by atoms with Gasteiger partial charge in [0.1, 0.15) is 11.4 Å². The van der Waals surface area contributed by atoms with Crippen molar-refractivity contribution < 1.29 is 9.53 Å². The Balaban J connectivity index is 2.77. The van der Waals surface area contributed by atoms with Crippen LogP contribution in [0.5, 0.6) is 5.75 Å². The summed E-state index contributed by atoms with van der Waals surface area (Å²) < 4.78 is 7.17. The number of methoxy groups -OCH3 is 1. The molecule has 2 rings (SSSR count). The number of benzene rings is 1. The topological polar surface area (TPSA) is 44.1 Å². The fraction of sp³-hybridized carbons (Fsp3) is 0.231. The molecule has 0 bridgehead atoms. The Hall–Kier alpha value is -1.81. The lowest BCUT2D eigenvalue weighted by Gasteiger charge is -2.13. The van der Waals surface area contributed by atoms with Crippen molar-refractivity contribution in [3.8, 4) is 17.0 Å². The van der Waals surface area contributed by atoms with E-state index < -0.39 is 0 Å². The highest BCUT2D eigenvalue weighted by Crippen LogP contribution is 2.36. The van der Waals surface area contributed by atoms with Crippen molar-refractivity contribution in [2.75, 3.05) is 7.11 Å². The van der Waals surface area contributed by atoms with Gasteiger partial charge in [0.05, 0.1) is 19.1 Å². The molecule has 0 amide bonds. The van der Waals surface area contributed by atoms with E-state index in [-0.39, 0.29) is 0 Å². The van der Waals surface area contributed by atoms with Crippen LogP contribution in [-0.4, -0.2) is 22.9 Å². The van der Waals surface area contributed by atoms with Crippen molar-refractivity contribution >= 4 is 17.9 Å². The van der Waals surface area contributed by atoms with E-state index >= 15 is 0 Å². The smallest absolute Gasteiger partial charge is 0.170 e. The van der Waals surface area contributed by atoms with Gasteiger partial charge in [-0.25, -0.2) is 4.98 Å². The van der Waals surface area contributed by atoms with Gasteiger partial charge in [0, 0.05) is 17.6 Å². The molecule has 0 saturated carbocycles. The summed E-state index contributed by atoms with van der Waals surface area (Å²) in [5.41, 5.74) is 2.76. The van der Waals surface area contributed by atoms with E-state index in [1.165, 1.54) is 0 Å². The van der Waals surface area contributed by atoms with Crippen molar-refractivity contribution in [2.24, 2.45) is 7.05 Å². The van der Waals surface area contributed by atoms with Crippen molar-refractivity contribution in [2.45, 2.75) is 6.92 Å². The number of halogens is 1. The lowest BCUT2D eigenvalue weighted by molar-refractivity contribution is 0.112. The molecule has 1 aromatic heterocycles. The second-order valence-corrected chi connectivity index (χ2v) is 4.45. The van der Waals surface area contributed by atoms with Crippen molar-refractivity contribution in [1.82, 2.24) is 9.55 Å². The highest BCUT2D eigenvalue weighted by atomic mass is 35.5. The van der Waals surface area contributed by atoms with E-state index in [9.17, 15) is 4.79 Å². The summed E-state index contributed by atoms with van der Waals surface area (Å²) in [6, 6.07) is 3.60. The van der Waals surface area contributed by atoms with Gasteiger partial charge in [-0.3, -0.25) is 4.79 Å². The second-order valence-electron chi connectivity index (χ2n) is 4.01. The number of nitrogens with zero attached hydrogens (tertiary/aromatic N) is 2. The standard InChI is InChI=1S/C13H13ClN2O2/c1-8-4-9(14)5-10(13(8)18-3)12-11(6-17)15-7-16(12)2/h4-7H,1-3H3. The number of hydrogen-bond donors (Lipinski definition) is 0. The van der Waals surface area contributed by atoms with Gasteiger partial charge in [-0.15, -0.1) is 0 Å². The molecule has 0 aliphatic rings. The van der Waals surface area contributed by atoms with E-state index in [4.69, 9.17) is 16.3 Å². The Morgan fingerprint density at radius 1 is 1.44 bits per heavy atom. The Kier molecular flexibility index (Phi) is 3.39. The molecule has 0 aliphatic heterocycles. The number of imidazole rings is 1. The van der Waals surface area contributed by atoms with E-state index in [1.807, 2.05) is 20.0 Å². The van der Waals surface area contributed by atoms with Gasteiger partial charge in [-0.05, 0) is 24.6 Å². The minimum absolute atomic E-state index is 0.373. The molecule has 4 nitrogen and oxygen atoms in total. The molecule has 1 heterocycles. The van der Waals surface area contributed by atoms with Crippen LogP contribution >= 0.6 is 11.6 Å². The molecule has 0 N–H and O–H groups in total. The van der Waals surface area contributed by atoms with Crippen LogP contribution in [0.3, 0.4) is 0 Å². The van der Waals surface area contributed by atoms with Crippen LogP contribution in [0.4, 0.5) is 0 Å². The summed E-state index contributed by atoms with van der Waals surface area (Å²) in [5, 5.41) is 0.598.